The van der Waals surface area contributed by atoms with Crippen molar-refractivity contribution in [2.24, 2.45) is 0 Å². The molecule has 1 N–H and O–H groups in total. The summed E-state index contributed by atoms with van der Waals surface area (Å²) in [5.41, 5.74) is -0.420. The third-order valence-electron chi connectivity index (χ3n) is 5.70. The summed E-state index contributed by atoms with van der Waals surface area (Å²) in [4.78, 5) is 5.80. The summed E-state index contributed by atoms with van der Waals surface area (Å²) in [7, 11) is 0. The third-order valence-corrected chi connectivity index (χ3v) is 5.70. The third kappa shape index (κ3) is 6.11. The van der Waals surface area contributed by atoms with Crippen LogP contribution in [0.5, 0.6) is 0 Å². The van der Waals surface area contributed by atoms with Crippen molar-refractivity contribution in [2.75, 3.05) is 6.54 Å². The fourth-order valence-corrected chi connectivity index (χ4v) is 3.95. The molecule has 184 valence electrons. The number of benzene rings is 2. The fourth-order valence-electron chi connectivity index (χ4n) is 3.95. The molecule has 0 fully saturated rings. The molecule has 0 spiro atoms. The first kappa shape index (κ1) is 24.6. The van der Waals surface area contributed by atoms with Crippen molar-refractivity contribution < 1.29 is 18.3 Å². The number of hydrogen-bond donors (Lipinski definition) is 1. The van der Waals surface area contributed by atoms with Gasteiger partial charge in [-0.1, -0.05) is 23.4 Å². The molecule has 11 heteroatoms. The number of aromatic nitrogens is 6. The van der Waals surface area contributed by atoms with Gasteiger partial charge in [-0.2, -0.15) is 5.10 Å². The van der Waals surface area contributed by atoms with E-state index in [2.05, 4.69) is 20.4 Å². The molecule has 35 heavy (non-hydrogen) atoms. The number of nitrogens with zero attached hydrogens (tertiary/aromatic N) is 7. The topological polar surface area (TPSA) is 84.9 Å². The Hall–Kier alpha value is -3.57. The predicted octanol–water partition coefficient (Wildman–Crippen LogP) is 3.13. The SMILES string of the molecule is CC(C)N(Cc1cn(Cc2cccc(F)c2)nn1)CC(O)(Cn1cncn1)c1ccc(F)cc1F. The molecule has 0 aliphatic rings. The van der Waals surface area contributed by atoms with E-state index in [-0.39, 0.29) is 30.5 Å². The molecule has 2 aromatic carbocycles. The highest BCUT2D eigenvalue weighted by molar-refractivity contribution is 5.26. The van der Waals surface area contributed by atoms with E-state index in [1.54, 1.807) is 23.0 Å². The minimum atomic E-state index is -1.74. The monoisotopic (exact) mass is 485 g/mol. The van der Waals surface area contributed by atoms with Crippen LogP contribution in [0, 0.1) is 17.5 Å². The van der Waals surface area contributed by atoms with Gasteiger partial charge in [-0.3, -0.25) is 4.90 Å². The summed E-state index contributed by atoms with van der Waals surface area (Å²) in [5.74, 6) is -1.91. The van der Waals surface area contributed by atoms with Crippen LogP contribution in [-0.2, 0) is 25.2 Å². The molecule has 8 nitrogen and oxygen atoms in total. The van der Waals surface area contributed by atoms with Crippen LogP contribution in [0.4, 0.5) is 13.2 Å². The van der Waals surface area contributed by atoms with Gasteiger partial charge in [0.2, 0.25) is 0 Å². The Morgan fingerprint density at radius 3 is 2.54 bits per heavy atom. The van der Waals surface area contributed by atoms with Crippen LogP contribution in [0.2, 0.25) is 0 Å². The largest absolute Gasteiger partial charge is 0.382 e. The highest BCUT2D eigenvalue weighted by Crippen LogP contribution is 2.29. The van der Waals surface area contributed by atoms with Crippen LogP contribution >= 0.6 is 0 Å². The molecule has 2 aromatic heterocycles. The second-order valence-electron chi connectivity index (χ2n) is 8.78. The highest BCUT2D eigenvalue weighted by Gasteiger charge is 2.36. The molecule has 0 radical (unpaired) electrons. The first-order chi connectivity index (χ1) is 16.7. The lowest BCUT2D eigenvalue weighted by Gasteiger charge is -2.36. The number of halogens is 3. The van der Waals surface area contributed by atoms with E-state index in [0.29, 0.717) is 18.8 Å². The number of aliphatic hydroxyl groups is 1. The molecule has 1 unspecified atom stereocenters. The molecule has 1 atom stereocenters. The van der Waals surface area contributed by atoms with Gasteiger partial charge in [0.25, 0.3) is 0 Å². The maximum Gasteiger partial charge on any atom is 0.137 e. The van der Waals surface area contributed by atoms with Gasteiger partial charge in [-0.05, 0) is 37.6 Å². The van der Waals surface area contributed by atoms with Crippen LogP contribution in [0.1, 0.15) is 30.7 Å². The summed E-state index contributed by atoms with van der Waals surface area (Å²) in [6, 6.07) is 9.29. The normalized spacial score (nSPS) is 13.5. The molecular formula is C24H26F3N7O. The van der Waals surface area contributed by atoms with Crippen molar-refractivity contribution in [3.63, 3.8) is 0 Å². The van der Waals surface area contributed by atoms with Gasteiger partial charge in [0.15, 0.2) is 0 Å². The first-order valence-corrected chi connectivity index (χ1v) is 11.1. The van der Waals surface area contributed by atoms with E-state index in [1.165, 1.54) is 35.5 Å². The maximum absolute atomic E-state index is 14.8. The number of rotatable bonds is 10. The van der Waals surface area contributed by atoms with E-state index in [9.17, 15) is 18.3 Å². The zero-order valence-electron chi connectivity index (χ0n) is 19.4. The Morgan fingerprint density at radius 2 is 1.86 bits per heavy atom. The van der Waals surface area contributed by atoms with Crippen LogP contribution < -0.4 is 0 Å². The minimum absolute atomic E-state index is 0.00381. The van der Waals surface area contributed by atoms with E-state index < -0.39 is 17.2 Å². The summed E-state index contributed by atoms with van der Waals surface area (Å²) in [6.07, 6.45) is 4.48. The van der Waals surface area contributed by atoms with Crippen LogP contribution in [0.3, 0.4) is 0 Å². The van der Waals surface area contributed by atoms with Crippen molar-refractivity contribution in [2.45, 2.75) is 45.1 Å². The Balaban J connectivity index is 1.56. The van der Waals surface area contributed by atoms with Gasteiger partial charge < -0.3 is 5.11 Å². The predicted molar refractivity (Wildman–Crippen MR) is 121 cm³/mol. The highest BCUT2D eigenvalue weighted by atomic mass is 19.1. The van der Waals surface area contributed by atoms with Crippen molar-refractivity contribution in [3.05, 3.63) is 95.6 Å². The van der Waals surface area contributed by atoms with E-state index >= 15 is 0 Å². The smallest absolute Gasteiger partial charge is 0.137 e. The molecule has 4 aromatic rings. The Morgan fingerprint density at radius 1 is 1.06 bits per heavy atom. The summed E-state index contributed by atoms with van der Waals surface area (Å²) >= 11 is 0. The lowest BCUT2D eigenvalue weighted by molar-refractivity contribution is -0.0315. The van der Waals surface area contributed by atoms with Gasteiger partial charge in [-0.15, -0.1) is 5.10 Å². The average Bonchev–Trinajstić information content (AvgIpc) is 3.45. The Labute approximate surface area is 200 Å². The van der Waals surface area contributed by atoms with Crippen LogP contribution in [-0.4, -0.2) is 52.4 Å². The van der Waals surface area contributed by atoms with E-state index in [4.69, 9.17) is 0 Å². The van der Waals surface area contributed by atoms with Crippen LogP contribution in [0.15, 0.2) is 61.3 Å². The summed E-state index contributed by atoms with van der Waals surface area (Å²) in [5, 5.41) is 24.1. The van der Waals surface area contributed by atoms with Gasteiger partial charge in [0.1, 0.15) is 35.7 Å². The molecule has 0 aliphatic carbocycles. The van der Waals surface area contributed by atoms with Crippen molar-refractivity contribution in [3.8, 4) is 0 Å². The molecule has 0 saturated heterocycles. The average molecular weight is 486 g/mol. The quantitative estimate of drug-likeness (QED) is 0.372. The summed E-state index contributed by atoms with van der Waals surface area (Å²) in [6.45, 7) is 4.45. The zero-order valence-corrected chi connectivity index (χ0v) is 19.4. The summed E-state index contributed by atoms with van der Waals surface area (Å²) < 4.78 is 44.8. The molecule has 0 aliphatic heterocycles. The standard InChI is InChI=1S/C24H26F3N7O/c1-17(2)32(11-21-12-33(31-30-21)10-18-4-3-5-19(25)8-18)13-24(35,14-34-16-28-15-29-34)22-7-6-20(26)9-23(22)27/h3-9,12,15-17,35H,10-11,13-14H2,1-2H3. The maximum atomic E-state index is 14.8. The van der Waals surface area contributed by atoms with Gasteiger partial charge in [-0.25, -0.2) is 27.5 Å². The molecule has 0 amide bonds. The Bertz CT molecular complexity index is 1260. The lowest BCUT2D eigenvalue weighted by Crippen LogP contribution is -2.46. The Kier molecular flexibility index (Phi) is 7.27. The van der Waals surface area contributed by atoms with Crippen molar-refractivity contribution in [1.29, 1.82) is 0 Å². The lowest BCUT2D eigenvalue weighted by atomic mass is 9.91. The van der Waals surface area contributed by atoms with Gasteiger partial charge in [0.05, 0.1) is 25.0 Å². The van der Waals surface area contributed by atoms with Gasteiger partial charge >= 0.3 is 0 Å². The fraction of sp³-hybridized carbons (Fsp3) is 0.333. The molecule has 2 heterocycles. The second-order valence-corrected chi connectivity index (χ2v) is 8.78. The van der Waals surface area contributed by atoms with Gasteiger partial charge in [0, 0.05) is 30.8 Å². The molecule has 4 rings (SSSR count). The second kappa shape index (κ2) is 10.4. The zero-order chi connectivity index (χ0) is 25.0. The number of hydrogen-bond acceptors (Lipinski definition) is 6. The van der Waals surface area contributed by atoms with Crippen LogP contribution in [0.25, 0.3) is 0 Å². The molecule has 0 saturated carbocycles. The van der Waals surface area contributed by atoms with Crippen molar-refractivity contribution in [1.82, 2.24) is 34.7 Å². The first-order valence-electron chi connectivity index (χ1n) is 11.1. The molecular weight excluding hydrogens is 459 g/mol. The minimum Gasteiger partial charge on any atom is -0.382 e. The molecule has 0 bridgehead atoms. The van der Waals surface area contributed by atoms with Crippen molar-refractivity contribution >= 4 is 0 Å². The van der Waals surface area contributed by atoms with E-state index in [1.807, 2.05) is 18.7 Å². The van der Waals surface area contributed by atoms with E-state index in [0.717, 1.165) is 17.7 Å².